The number of ketones is 1. The Balaban J connectivity index is 1.24. The molecule has 6 saturated heterocycles. The topological polar surface area (TPSA) is 504 Å². The Morgan fingerprint density at radius 3 is 1.27 bits per heavy atom. The number of aliphatic hydroxyl groups excluding tert-OH is 13. The molecule has 33 nitrogen and oxygen atoms in total. The fourth-order valence-electron chi connectivity index (χ4n) is 10.8. The second-order valence-electron chi connectivity index (χ2n) is 21.1. The highest BCUT2D eigenvalue weighted by atomic mass is 16.8. The molecule has 0 radical (unpaired) electrons. The number of nitrogens with two attached hydrogens (primary N) is 1. The molecule has 0 bridgehead atoms. The molecule has 6 rings (SSSR count). The fraction of sp³-hybridized carbons (Fsp3) is 0.917. The Kier molecular flexibility index (Phi) is 24.8. The van der Waals surface area contributed by atoms with Gasteiger partial charge in [0.2, 0.25) is 17.7 Å². The van der Waals surface area contributed by atoms with Crippen molar-refractivity contribution < 1.29 is 142 Å². The van der Waals surface area contributed by atoms with Crippen LogP contribution in [0.1, 0.15) is 53.9 Å². The molecule has 0 saturated carbocycles. The van der Waals surface area contributed by atoms with Gasteiger partial charge in [0.05, 0.1) is 51.3 Å². The summed E-state index contributed by atoms with van der Waals surface area (Å²) in [4.78, 5) is 50.1. The standard InChI is InChI=1S/C48H82N4O29/c1-15(57)8-7-9-20-31(62)41(25(73-43(20)69)14-71-48-42(70-6)37(68)30(61)16(2)72-48)81-47-29(52-19(5)60)36(67)40(24(13-56)77-47)80-46-28(51-18(4)59)35(66)39(23(12-55)76-46)79-45-27(50-17(3)58)34(65)38(22(11-54)75-45)78-44-26(49)33(64)32(63)21(10-53)74-44/h16,20-48,53-56,61-69H,7-14,49H2,1-6H3,(H,50,58)(H,51,59)(H,52,60)/t16-,20+,21+,22+,23+,24+,25+,26+,27+,28+,29+,30+,31+,32+,33+,34+,35+,36+,37+,38+,39+,40+,41+,42-,43+,44-,45-,46-,47-,48+/m0/s1. The van der Waals surface area contributed by atoms with E-state index in [-0.39, 0.29) is 25.0 Å². The van der Waals surface area contributed by atoms with Crippen LogP contribution < -0.4 is 21.7 Å². The van der Waals surface area contributed by atoms with Crippen molar-refractivity contribution in [2.24, 2.45) is 11.7 Å². The first-order chi connectivity index (χ1) is 38.3. The predicted octanol–water partition coefficient (Wildman–Crippen LogP) is -10.0. The number of hydrogen-bond acceptors (Lipinski definition) is 30. The molecule has 6 fully saturated rings. The van der Waals surface area contributed by atoms with Crippen LogP contribution in [0.4, 0.5) is 0 Å². The largest absolute Gasteiger partial charge is 0.394 e. The van der Waals surface area contributed by atoms with Crippen molar-refractivity contribution >= 4 is 23.5 Å². The van der Waals surface area contributed by atoms with Crippen molar-refractivity contribution in [1.29, 1.82) is 0 Å². The molecule has 0 aliphatic carbocycles. The lowest BCUT2D eigenvalue weighted by atomic mass is 9.86. The first kappa shape index (κ1) is 67.2. The van der Waals surface area contributed by atoms with Gasteiger partial charge in [-0.2, -0.15) is 0 Å². The van der Waals surface area contributed by atoms with Crippen molar-refractivity contribution in [3.05, 3.63) is 0 Å². The van der Waals surface area contributed by atoms with E-state index in [1.54, 1.807) is 0 Å². The van der Waals surface area contributed by atoms with E-state index >= 15 is 0 Å². The van der Waals surface area contributed by atoms with Crippen molar-refractivity contribution in [1.82, 2.24) is 16.0 Å². The van der Waals surface area contributed by atoms with Gasteiger partial charge >= 0.3 is 0 Å². The molecule has 6 heterocycles. The SMILES string of the molecule is CO[C@@H]1[C@H](OC[C@H]2O[C@@H](O)[C@H](CCCC(C)=O)[C@@H](O)[C@@H]2O[C@@H]2O[C@H](CO)[C@@H](O[C@@H]3O[C@H](CO)[C@@H](O[C@@H]4O[C@H](CO)[C@@H](O[C@@H]5O[C@H](CO)[C@@H](O)[C@H](O)[C@H]5N)[C@H](O)[C@H]4NC(C)=O)[C@H](O)[C@H]3NC(C)=O)[C@H](O)[C@H]2NC(C)=O)O[C@@H](C)[C@@H](O)[C@H]1O. The van der Waals surface area contributed by atoms with Gasteiger partial charge in [-0.15, -0.1) is 0 Å². The first-order valence-electron chi connectivity index (χ1n) is 26.6. The summed E-state index contributed by atoms with van der Waals surface area (Å²) in [5.74, 6) is -3.64. The number of Topliss-reactive ketones (excluding diaryl/α,β-unsaturated/α-hetero) is 1. The third kappa shape index (κ3) is 15.7. The summed E-state index contributed by atoms with van der Waals surface area (Å²) in [7, 11) is 1.23. The Morgan fingerprint density at radius 2 is 0.877 bits per heavy atom. The molecule has 0 aromatic heterocycles. The lowest BCUT2D eigenvalue weighted by Gasteiger charge is -2.51. The average molecular weight is 1180 g/mol. The maximum Gasteiger partial charge on any atom is 0.217 e. The highest BCUT2D eigenvalue weighted by Crippen LogP contribution is 2.38. The van der Waals surface area contributed by atoms with Crippen LogP contribution in [0.5, 0.6) is 0 Å². The number of amides is 3. The van der Waals surface area contributed by atoms with Gasteiger partial charge < -0.3 is 150 Å². The number of rotatable bonds is 23. The molecule has 81 heavy (non-hydrogen) atoms. The van der Waals surface area contributed by atoms with Crippen LogP contribution in [0, 0.1) is 5.92 Å². The van der Waals surface area contributed by atoms with E-state index < -0.39 is 235 Å². The van der Waals surface area contributed by atoms with Crippen LogP contribution in [-0.4, -0.2) is 308 Å². The number of carbonyl (C=O) groups is 4. The molecule has 30 atom stereocenters. The number of hydrogen-bond donors (Lipinski definition) is 17. The van der Waals surface area contributed by atoms with Crippen molar-refractivity contribution in [3.8, 4) is 0 Å². The van der Waals surface area contributed by atoms with Crippen LogP contribution in [0.2, 0.25) is 0 Å². The van der Waals surface area contributed by atoms with Crippen LogP contribution in [-0.2, 0) is 76.0 Å². The summed E-state index contributed by atoms with van der Waals surface area (Å²) in [6.07, 6.45) is -40.3. The van der Waals surface area contributed by atoms with E-state index in [9.17, 15) is 85.6 Å². The van der Waals surface area contributed by atoms with Crippen molar-refractivity contribution in [3.63, 3.8) is 0 Å². The Labute approximate surface area is 464 Å². The van der Waals surface area contributed by atoms with Gasteiger partial charge in [0, 0.05) is 40.2 Å². The molecule has 33 heteroatoms. The van der Waals surface area contributed by atoms with Gasteiger partial charge in [-0.25, -0.2) is 0 Å². The highest BCUT2D eigenvalue weighted by molar-refractivity contribution is 5.75. The van der Waals surface area contributed by atoms with Gasteiger partial charge in [0.15, 0.2) is 37.7 Å². The van der Waals surface area contributed by atoms with Gasteiger partial charge in [0.1, 0.15) is 128 Å². The smallest absolute Gasteiger partial charge is 0.217 e. The monoisotopic (exact) mass is 1180 g/mol. The van der Waals surface area contributed by atoms with E-state index in [1.165, 1.54) is 21.0 Å². The quantitative estimate of drug-likeness (QED) is 0.0452. The lowest BCUT2D eigenvalue weighted by Crippen LogP contribution is -2.72. The third-order valence-electron chi connectivity index (χ3n) is 15.1. The molecular weight excluding hydrogens is 1100 g/mol. The van der Waals surface area contributed by atoms with Crippen LogP contribution in [0.15, 0.2) is 0 Å². The van der Waals surface area contributed by atoms with E-state index in [0.717, 1.165) is 20.8 Å². The van der Waals surface area contributed by atoms with E-state index in [4.69, 9.17) is 62.6 Å². The van der Waals surface area contributed by atoms with Gasteiger partial charge in [-0.05, 0) is 26.7 Å². The molecule has 0 spiro atoms. The highest BCUT2D eigenvalue weighted by Gasteiger charge is 2.58. The lowest BCUT2D eigenvalue weighted by molar-refractivity contribution is -0.370. The minimum atomic E-state index is -2.00. The van der Waals surface area contributed by atoms with E-state index in [0.29, 0.717) is 0 Å². The molecule has 0 aromatic rings. The van der Waals surface area contributed by atoms with Gasteiger partial charge in [0.25, 0.3) is 0 Å². The molecule has 0 aromatic carbocycles. The first-order valence-corrected chi connectivity index (χ1v) is 26.6. The fourth-order valence-corrected chi connectivity index (χ4v) is 10.8. The van der Waals surface area contributed by atoms with Crippen LogP contribution in [0.25, 0.3) is 0 Å². The molecule has 6 aliphatic heterocycles. The zero-order valence-corrected chi connectivity index (χ0v) is 45.4. The van der Waals surface area contributed by atoms with Crippen molar-refractivity contribution in [2.45, 2.75) is 232 Å². The summed E-state index contributed by atoms with van der Waals surface area (Å²) in [5.41, 5.74) is 6.05. The minimum Gasteiger partial charge on any atom is -0.394 e. The third-order valence-corrected chi connectivity index (χ3v) is 15.1. The van der Waals surface area contributed by atoms with E-state index in [2.05, 4.69) is 16.0 Å². The number of carbonyl (C=O) groups excluding carboxylic acids is 4. The zero-order valence-electron chi connectivity index (χ0n) is 45.4. The van der Waals surface area contributed by atoms with Crippen molar-refractivity contribution in [2.75, 3.05) is 40.1 Å². The number of ether oxygens (including phenoxy) is 12. The summed E-state index contributed by atoms with van der Waals surface area (Å²) < 4.78 is 71.3. The number of methoxy groups -OCH3 is 1. The molecule has 6 aliphatic rings. The molecule has 0 unspecified atom stereocenters. The zero-order chi connectivity index (χ0) is 59.9. The summed E-state index contributed by atoms with van der Waals surface area (Å²) >= 11 is 0. The summed E-state index contributed by atoms with van der Waals surface area (Å²) in [6, 6.07) is -6.52. The van der Waals surface area contributed by atoms with Crippen LogP contribution in [0.3, 0.4) is 0 Å². The maximum atomic E-state index is 12.9. The summed E-state index contributed by atoms with van der Waals surface area (Å²) in [6.45, 7) is 1.75. The normalized spacial score (nSPS) is 45.9. The molecular formula is C48H82N4O29. The summed E-state index contributed by atoms with van der Waals surface area (Å²) in [5, 5.41) is 150. The van der Waals surface area contributed by atoms with Gasteiger partial charge in [-0.3, -0.25) is 14.4 Å². The van der Waals surface area contributed by atoms with Gasteiger partial charge in [-0.1, -0.05) is 0 Å². The molecule has 468 valence electrons. The van der Waals surface area contributed by atoms with Crippen LogP contribution >= 0.6 is 0 Å². The Hall–Kier alpha value is -2.96. The number of nitrogens with one attached hydrogen (secondary N) is 3. The Morgan fingerprint density at radius 1 is 0.469 bits per heavy atom. The molecule has 3 amide bonds. The second-order valence-corrected chi connectivity index (χ2v) is 21.1. The minimum absolute atomic E-state index is 0.0266. The number of aliphatic hydroxyl groups is 13. The van der Waals surface area contributed by atoms with E-state index in [1.807, 2.05) is 0 Å². The maximum absolute atomic E-state index is 12.9. The molecule has 18 N–H and O–H groups in total. The second kappa shape index (κ2) is 29.9. The Bertz CT molecular complexity index is 2020. The average Bonchev–Trinajstić information content (AvgIpc) is 3.57. The predicted molar refractivity (Wildman–Crippen MR) is 261 cm³/mol.